The van der Waals surface area contributed by atoms with Crippen molar-refractivity contribution in [3.63, 3.8) is 0 Å². The molecule has 5 nitrogen and oxygen atoms in total. The number of halogens is 4. The SMILES string of the molecule is NC(COCC(F)(F)F)c1cc2[nH]c(=O)[nH]c2cc1Br. The lowest BCUT2D eigenvalue weighted by atomic mass is 10.1. The summed E-state index contributed by atoms with van der Waals surface area (Å²) in [4.78, 5) is 16.3. The molecule has 0 amide bonds. The second-order valence-corrected chi connectivity index (χ2v) is 5.09. The fourth-order valence-corrected chi connectivity index (χ4v) is 2.39. The number of nitrogens with one attached hydrogen (secondary N) is 2. The number of hydrogen-bond acceptors (Lipinski definition) is 3. The molecule has 0 bridgehead atoms. The monoisotopic (exact) mass is 353 g/mol. The second-order valence-electron chi connectivity index (χ2n) is 4.24. The molecule has 9 heteroatoms. The van der Waals surface area contributed by atoms with Crippen LogP contribution >= 0.6 is 15.9 Å². The highest BCUT2D eigenvalue weighted by Crippen LogP contribution is 2.26. The van der Waals surface area contributed by atoms with Gasteiger partial charge >= 0.3 is 11.9 Å². The Kier molecular flexibility index (Phi) is 4.21. The summed E-state index contributed by atoms with van der Waals surface area (Å²) >= 11 is 3.26. The summed E-state index contributed by atoms with van der Waals surface area (Å²) in [6.45, 7) is -1.63. The Balaban J connectivity index is 2.15. The Hall–Kier alpha value is -1.32. The van der Waals surface area contributed by atoms with Gasteiger partial charge in [0.2, 0.25) is 0 Å². The molecule has 2 aromatic rings. The van der Waals surface area contributed by atoms with Crippen molar-refractivity contribution in [1.29, 1.82) is 0 Å². The van der Waals surface area contributed by atoms with E-state index in [0.717, 1.165) is 0 Å². The molecule has 4 N–H and O–H groups in total. The van der Waals surface area contributed by atoms with Gasteiger partial charge in [-0.05, 0) is 17.7 Å². The molecule has 2 rings (SSSR count). The predicted octanol–water partition coefficient (Wildman–Crippen LogP) is 2.20. The van der Waals surface area contributed by atoms with E-state index in [9.17, 15) is 18.0 Å². The standard InChI is InChI=1S/C11H11BrF3N3O2/c12-6-2-9-8(17-10(19)18-9)1-5(6)7(16)3-20-4-11(13,14)15/h1-2,7H,3-4,16H2,(H2,17,18,19). The van der Waals surface area contributed by atoms with Crippen LogP contribution in [0.3, 0.4) is 0 Å². The van der Waals surface area contributed by atoms with Crippen LogP contribution in [-0.2, 0) is 4.74 Å². The Morgan fingerprint density at radius 3 is 2.50 bits per heavy atom. The van der Waals surface area contributed by atoms with E-state index in [1.165, 1.54) is 0 Å². The third kappa shape index (κ3) is 3.62. The zero-order chi connectivity index (χ0) is 14.9. The summed E-state index contributed by atoms with van der Waals surface area (Å²) in [7, 11) is 0. The van der Waals surface area contributed by atoms with Crippen LogP contribution in [0.5, 0.6) is 0 Å². The van der Waals surface area contributed by atoms with E-state index in [2.05, 4.69) is 30.6 Å². The number of rotatable bonds is 4. The number of alkyl halides is 3. The molecule has 0 fully saturated rings. The van der Waals surface area contributed by atoms with Gasteiger partial charge in [-0.2, -0.15) is 13.2 Å². The van der Waals surface area contributed by atoms with Crippen LogP contribution in [0.4, 0.5) is 13.2 Å². The molecule has 20 heavy (non-hydrogen) atoms. The number of ether oxygens (including phenoxy) is 1. The Morgan fingerprint density at radius 2 is 1.90 bits per heavy atom. The number of benzene rings is 1. The maximum atomic E-state index is 12.0. The number of aromatic amines is 2. The van der Waals surface area contributed by atoms with Gasteiger partial charge in [0.15, 0.2) is 0 Å². The summed E-state index contributed by atoms with van der Waals surface area (Å²) < 4.78 is 41.1. The van der Waals surface area contributed by atoms with E-state index < -0.39 is 18.8 Å². The van der Waals surface area contributed by atoms with Crippen molar-refractivity contribution < 1.29 is 17.9 Å². The number of fused-ring (bicyclic) bond motifs is 1. The first-order valence-electron chi connectivity index (χ1n) is 5.58. The number of H-pyrrole nitrogens is 2. The van der Waals surface area contributed by atoms with Crippen LogP contribution in [0.2, 0.25) is 0 Å². The molecule has 0 spiro atoms. The first kappa shape index (κ1) is 15.1. The van der Waals surface area contributed by atoms with Crippen LogP contribution in [-0.4, -0.2) is 29.4 Å². The van der Waals surface area contributed by atoms with E-state index in [-0.39, 0.29) is 12.3 Å². The van der Waals surface area contributed by atoms with Crippen molar-refractivity contribution in [3.05, 3.63) is 32.7 Å². The van der Waals surface area contributed by atoms with E-state index in [1.807, 2.05) is 0 Å². The van der Waals surface area contributed by atoms with Crippen LogP contribution in [0, 0.1) is 0 Å². The van der Waals surface area contributed by atoms with E-state index >= 15 is 0 Å². The maximum absolute atomic E-state index is 12.0. The summed E-state index contributed by atoms with van der Waals surface area (Å²) in [5.41, 5.74) is 7.08. The minimum Gasteiger partial charge on any atom is -0.370 e. The van der Waals surface area contributed by atoms with E-state index in [4.69, 9.17) is 5.73 Å². The maximum Gasteiger partial charge on any atom is 0.411 e. The molecule has 1 aromatic carbocycles. The number of aromatic nitrogens is 2. The van der Waals surface area contributed by atoms with Crippen LogP contribution in [0.25, 0.3) is 11.0 Å². The van der Waals surface area contributed by atoms with Gasteiger partial charge in [0.05, 0.1) is 23.7 Å². The van der Waals surface area contributed by atoms with Crippen LogP contribution in [0.15, 0.2) is 21.4 Å². The Morgan fingerprint density at radius 1 is 1.30 bits per heavy atom. The van der Waals surface area contributed by atoms with Gasteiger partial charge in [-0.3, -0.25) is 0 Å². The minimum absolute atomic E-state index is 0.279. The van der Waals surface area contributed by atoms with Crippen molar-refractivity contribution in [2.45, 2.75) is 12.2 Å². The van der Waals surface area contributed by atoms with Gasteiger partial charge in [-0.1, -0.05) is 15.9 Å². The molecule has 1 atom stereocenters. The van der Waals surface area contributed by atoms with Crippen molar-refractivity contribution in [1.82, 2.24) is 9.97 Å². The van der Waals surface area contributed by atoms with Gasteiger partial charge in [0.1, 0.15) is 6.61 Å². The highest BCUT2D eigenvalue weighted by molar-refractivity contribution is 9.10. The summed E-state index contributed by atoms with van der Waals surface area (Å²) in [6.07, 6.45) is -4.38. The van der Waals surface area contributed by atoms with Crippen LogP contribution < -0.4 is 11.4 Å². The molecular formula is C11H11BrF3N3O2. The molecule has 0 aliphatic rings. The number of nitrogens with two attached hydrogens (primary N) is 1. The topological polar surface area (TPSA) is 83.9 Å². The van der Waals surface area contributed by atoms with E-state index in [1.54, 1.807) is 12.1 Å². The first-order valence-corrected chi connectivity index (χ1v) is 6.37. The van der Waals surface area contributed by atoms with Crippen molar-refractivity contribution >= 4 is 27.0 Å². The molecule has 0 aliphatic heterocycles. The fraction of sp³-hybridized carbons (Fsp3) is 0.364. The lowest BCUT2D eigenvalue weighted by molar-refractivity contribution is -0.174. The highest BCUT2D eigenvalue weighted by Gasteiger charge is 2.28. The lowest BCUT2D eigenvalue weighted by Crippen LogP contribution is -2.23. The molecule has 0 radical (unpaired) electrons. The zero-order valence-corrected chi connectivity index (χ0v) is 11.6. The van der Waals surface area contributed by atoms with Gasteiger partial charge in [0, 0.05) is 4.47 Å². The Labute approximate surface area is 119 Å². The molecule has 1 unspecified atom stereocenters. The van der Waals surface area contributed by atoms with Crippen molar-refractivity contribution in [3.8, 4) is 0 Å². The largest absolute Gasteiger partial charge is 0.411 e. The van der Waals surface area contributed by atoms with Crippen molar-refractivity contribution in [2.24, 2.45) is 5.73 Å². The smallest absolute Gasteiger partial charge is 0.370 e. The van der Waals surface area contributed by atoms with Gasteiger partial charge in [-0.25, -0.2) is 4.79 Å². The summed E-state index contributed by atoms with van der Waals surface area (Å²) in [5, 5.41) is 0. The van der Waals surface area contributed by atoms with Gasteiger partial charge < -0.3 is 20.4 Å². The third-order valence-corrected chi connectivity index (χ3v) is 3.28. The second kappa shape index (κ2) is 5.58. The molecule has 0 saturated carbocycles. The zero-order valence-electron chi connectivity index (χ0n) is 10.1. The van der Waals surface area contributed by atoms with Crippen LogP contribution in [0.1, 0.15) is 11.6 Å². The van der Waals surface area contributed by atoms with E-state index in [0.29, 0.717) is 21.1 Å². The first-order chi connectivity index (χ1) is 9.26. The minimum atomic E-state index is -4.38. The average molecular weight is 354 g/mol. The number of imidazole rings is 1. The molecule has 110 valence electrons. The highest BCUT2D eigenvalue weighted by atomic mass is 79.9. The quantitative estimate of drug-likeness (QED) is 0.787. The summed E-state index contributed by atoms with van der Waals surface area (Å²) in [6, 6.07) is 2.49. The Bertz CT molecular complexity index is 665. The van der Waals surface area contributed by atoms with Gasteiger partial charge in [0.25, 0.3) is 0 Å². The molecule has 0 aliphatic carbocycles. The molecule has 0 saturated heterocycles. The number of hydrogen-bond donors (Lipinski definition) is 3. The average Bonchev–Trinajstić information content (AvgIpc) is 2.65. The molecule has 1 aromatic heterocycles. The third-order valence-electron chi connectivity index (χ3n) is 2.60. The molecule has 1 heterocycles. The molecular weight excluding hydrogens is 343 g/mol. The summed E-state index contributed by atoms with van der Waals surface area (Å²) in [5.74, 6) is 0. The van der Waals surface area contributed by atoms with Gasteiger partial charge in [-0.15, -0.1) is 0 Å². The predicted molar refractivity (Wildman–Crippen MR) is 70.4 cm³/mol. The normalized spacial score (nSPS) is 13.8. The van der Waals surface area contributed by atoms with Crippen molar-refractivity contribution in [2.75, 3.05) is 13.2 Å². The lowest BCUT2D eigenvalue weighted by Gasteiger charge is -2.15. The fourth-order valence-electron chi connectivity index (χ4n) is 1.75.